The van der Waals surface area contributed by atoms with Gasteiger partial charge in [0.15, 0.2) is 0 Å². The molecule has 1 atom stereocenters. The summed E-state index contributed by atoms with van der Waals surface area (Å²) in [5.41, 5.74) is 1.15. The van der Waals surface area contributed by atoms with Crippen molar-refractivity contribution in [2.24, 2.45) is 0 Å². The van der Waals surface area contributed by atoms with Crippen molar-refractivity contribution in [3.63, 3.8) is 0 Å². The number of nitrogens with one attached hydrogen (secondary N) is 1. The molecule has 1 heterocycles. The molecule has 1 saturated heterocycles. The fourth-order valence-electron chi connectivity index (χ4n) is 4.32. The molecule has 5 heteroatoms. The lowest BCUT2D eigenvalue weighted by molar-refractivity contribution is 0.155. The van der Waals surface area contributed by atoms with E-state index in [1.165, 1.54) is 18.4 Å². The average molecular weight is 332 g/mol. The summed E-state index contributed by atoms with van der Waals surface area (Å²) >= 11 is 0. The highest BCUT2D eigenvalue weighted by atomic mass is 16.5. The molecule has 2 amide bonds. The van der Waals surface area contributed by atoms with Crippen molar-refractivity contribution < 1.29 is 14.6 Å². The molecule has 1 aliphatic carbocycles. The number of aliphatic hydroxyl groups excluding tert-OH is 1. The lowest BCUT2D eigenvalue weighted by atomic mass is 9.78. The monoisotopic (exact) mass is 332 g/mol. The maximum atomic E-state index is 12.6. The smallest absolute Gasteiger partial charge is 0.317 e. The van der Waals surface area contributed by atoms with Crippen LogP contribution in [0, 0.1) is 0 Å². The Morgan fingerprint density at radius 2 is 2.08 bits per heavy atom. The second kappa shape index (κ2) is 7.43. The van der Waals surface area contributed by atoms with E-state index in [1.54, 1.807) is 12.0 Å². The van der Waals surface area contributed by atoms with Gasteiger partial charge in [0, 0.05) is 24.1 Å². The molecule has 2 aliphatic rings. The number of para-hydroxylation sites is 1. The van der Waals surface area contributed by atoms with Gasteiger partial charge in [0.05, 0.1) is 19.8 Å². The Morgan fingerprint density at radius 1 is 1.33 bits per heavy atom. The van der Waals surface area contributed by atoms with Gasteiger partial charge in [0.1, 0.15) is 5.75 Å². The number of urea groups is 1. The Labute approximate surface area is 144 Å². The molecule has 1 aromatic carbocycles. The maximum Gasteiger partial charge on any atom is 0.317 e. The first kappa shape index (κ1) is 17.1. The summed E-state index contributed by atoms with van der Waals surface area (Å²) in [6.45, 7) is 1.41. The van der Waals surface area contributed by atoms with Crippen LogP contribution >= 0.6 is 0 Å². The molecule has 3 rings (SSSR count). The highest BCUT2D eigenvalue weighted by molar-refractivity contribution is 5.75. The molecule has 1 aromatic rings. The van der Waals surface area contributed by atoms with E-state index >= 15 is 0 Å². The minimum Gasteiger partial charge on any atom is -0.496 e. The summed E-state index contributed by atoms with van der Waals surface area (Å²) in [4.78, 5) is 14.4. The molecule has 1 unspecified atom stereocenters. The minimum atomic E-state index is -0.0484. The topological polar surface area (TPSA) is 61.8 Å². The molecule has 2 N–H and O–H groups in total. The van der Waals surface area contributed by atoms with Crippen molar-refractivity contribution in [2.75, 3.05) is 26.8 Å². The van der Waals surface area contributed by atoms with Gasteiger partial charge in [-0.05, 0) is 31.7 Å². The van der Waals surface area contributed by atoms with Gasteiger partial charge in [-0.2, -0.15) is 0 Å². The van der Waals surface area contributed by atoms with E-state index in [1.807, 2.05) is 18.2 Å². The highest BCUT2D eigenvalue weighted by Crippen LogP contribution is 2.44. The van der Waals surface area contributed by atoms with E-state index in [-0.39, 0.29) is 24.1 Å². The summed E-state index contributed by atoms with van der Waals surface area (Å²) in [7, 11) is 1.70. The van der Waals surface area contributed by atoms with Crippen LogP contribution in [-0.2, 0) is 5.41 Å². The number of likely N-dealkylation sites (tertiary alicyclic amines) is 1. The van der Waals surface area contributed by atoms with Crippen LogP contribution in [0.3, 0.4) is 0 Å². The Balaban J connectivity index is 1.74. The third-order valence-electron chi connectivity index (χ3n) is 5.67. The number of aliphatic hydroxyl groups is 1. The quantitative estimate of drug-likeness (QED) is 0.871. The number of carbonyl (C=O) groups excluding carboxylic acids is 1. The molecule has 1 aliphatic heterocycles. The molecule has 132 valence electrons. The Kier molecular flexibility index (Phi) is 5.29. The molecule has 2 fully saturated rings. The van der Waals surface area contributed by atoms with E-state index in [0.717, 1.165) is 38.0 Å². The SMILES string of the molecule is COc1ccccc1C1(CNC(=O)N2CCCC2CO)CCCC1. The van der Waals surface area contributed by atoms with Crippen LogP contribution in [0.4, 0.5) is 4.79 Å². The molecular weight excluding hydrogens is 304 g/mol. The number of rotatable bonds is 5. The lowest BCUT2D eigenvalue weighted by Gasteiger charge is -2.33. The third kappa shape index (κ3) is 3.22. The van der Waals surface area contributed by atoms with Crippen molar-refractivity contribution in [2.45, 2.75) is 50.0 Å². The highest BCUT2D eigenvalue weighted by Gasteiger charge is 2.39. The number of carbonyl (C=O) groups is 1. The first-order valence-corrected chi connectivity index (χ1v) is 8.99. The fourth-order valence-corrected chi connectivity index (χ4v) is 4.32. The van der Waals surface area contributed by atoms with Gasteiger partial charge >= 0.3 is 6.03 Å². The minimum absolute atomic E-state index is 0.0317. The van der Waals surface area contributed by atoms with Gasteiger partial charge in [0.25, 0.3) is 0 Å². The molecular formula is C19H28N2O3. The Hall–Kier alpha value is -1.75. The summed E-state index contributed by atoms with van der Waals surface area (Å²) in [6.07, 6.45) is 6.35. The fraction of sp³-hybridized carbons (Fsp3) is 0.632. The van der Waals surface area contributed by atoms with E-state index in [0.29, 0.717) is 6.54 Å². The molecule has 0 spiro atoms. The van der Waals surface area contributed by atoms with E-state index in [4.69, 9.17) is 4.74 Å². The van der Waals surface area contributed by atoms with Crippen molar-refractivity contribution in [3.05, 3.63) is 29.8 Å². The average Bonchev–Trinajstić information content (AvgIpc) is 3.29. The number of hydrogen-bond acceptors (Lipinski definition) is 3. The van der Waals surface area contributed by atoms with Crippen LogP contribution in [0.1, 0.15) is 44.1 Å². The standard InChI is InChI=1S/C19H28N2O3/c1-24-17-9-3-2-8-16(17)19(10-4-5-11-19)14-20-18(23)21-12-6-7-15(21)13-22/h2-3,8-9,15,22H,4-7,10-14H2,1H3,(H,20,23). The van der Waals surface area contributed by atoms with Gasteiger partial charge in [-0.25, -0.2) is 4.79 Å². The molecule has 0 radical (unpaired) electrons. The molecule has 1 saturated carbocycles. The molecule has 0 bridgehead atoms. The summed E-state index contributed by atoms with van der Waals surface area (Å²) < 4.78 is 5.57. The van der Waals surface area contributed by atoms with Gasteiger partial charge in [-0.3, -0.25) is 0 Å². The van der Waals surface area contributed by atoms with Gasteiger partial charge < -0.3 is 20.1 Å². The number of nitrogens with zero attached hydrogens (tertiary/aromatic N) is 1. The number of ether oxygens (including phenoxy) is 1. The Morgan fingerprint density at radius 3 is 2.79 bits per heavy atom. The zero-order valence-electron chi connectivity index (χ0n) is 14.5. The number of hydrogen-bond donors (Lipinski definition) is 2. The molecule has 5 nitrogen and oxygen atoms in total. The lowest BCUT2D eigenvalue weighted by Crippen LogP contribution is -2.48. The number of amides is 2. The van der Waals surface area contributed by atoms with Gasteiger partial charge in [-0.15, -0.1) is 0 Å². The van der Waals surface area contributed by atoms with Gasteiger partial charge in [-0.1, -0.05) is 31.0 Å². The van der Waals surface area contributed by atoms with Crippen molar-refractivity contribution in [3.8, 4) is 5.75 Å². The summed E-state index contributed by atoms with van der Waals surface area (Å²) in [5.74, 6) is 0.906. The normalized spacial score (nSPS) is 22.6. The largest absolute Gasteiger partial charge is 0.496 e. The maximum absolute atomic E-state index is 12.6. The first-order chi connectivity index (χ1) is 11.7. The predicted molar refractivity (Wildman–Crippen MR) is 93.4 cm³/mol. The summed E-state index contributed by atoms with van der Waals surface area (Å²) in [5, 5.41) is 12.6. The Bertz CT molecular complexity index is 569. The predicted octanol–water partition coefficient (Wildman–Crippen LogP) is 2.67. The number of methoxy groups -OCH3 is 1. The van der Waals surface area contributed by atoms with E-state index in [2.05, 4.69) is 11.4 Å². The summed E-state index contributed by atoms with van der Waals surface area (Å²) in [6, 6.07) is 8.08. The second-order valence-electron chi connectivity index (χ2n) is 7.02. The van der Waals surface area contributed by atoms with Crippen LogP contribution in [0.25, 0.3) is 0 Å². The molecule has 0 aromatic heterocycles. The van der Waals surface area contributed by atoms with Crippen LogP contribution in [0.5, 0.6) is 5.75 Å². The zero-order valence-corrected chi connectivity index (χ0v) is 14.5. The molecule has 24 heavy (non-hydrogen) atoms. The number of benzene rings is 1. The van der Waals surface area contributed by atoms with E-state index in [9.17, 15) is 9.90 Å². The van der Waals surface area contributed by atoms with Crippen molar-refractivity contribution in [1.82, 2.24) is 10.2 Å². The zero-order chi connectivity index (χ0) is 17.0. The van der Waals surface area contributed by atoms with Crippen molar-refractivity contribution in [1.29, 1.82) is 0 Å². The van der Waals surface area contributed by atoms with Crippen LogP contribution < -0.4 is 10.1 Å². The van der Waals surface area contributed by atoms with Crippen LogP contribution in [0.2, 0.25) is 0 Å². The van der Waals surface area contributed by atoms with Crippen molar-refractivity contribution >= 4 is 6.03 Å². The van der Waals surface area contributed by atoms with E-state index < -0.39 is 0 Å². The van der Waals surface area contributed by atoms with Crippen LogP contribution in [-0.4, -0.2) is 48.9 Å². The van der Waals surface area contributed by atoms with Gasteiger partial charge in [0.2, 0.25) is 0 Å². The van der Waals surface area contributed by atoms with Crippen LogP contribution in [0.15, 0.2) is 24.3 Å². The second-order valence-corrected chi connectivity index (χ2v) is 7.02. The third-order valence-corrected chi connectivity index (χ3v) is 5.67. The first-order valence-electron chi connectivity index (χ1n) is 8.99.